The van der Waals surface area contributed by atoms with Gasteiger partial charge in [0.05, 0.1) is 23.9 Å². The number of likely N-dealkylation sites (tertiary alicyclic amines) is 1. The lowest BCUT2D eigenvalue weighted by Gasteiger charge is -2.23. The smallest absolute Gasteiger partial charge is 0.335 e. The summed E-state index contributed by atoms with van der Waals surface area (Å²) in [6.07, 6.45) is 1.63. The Morgan fingerprint density at radius 3 is 2.85 bits per heavy atom. The third kappa shape index (κ3) is 3.10. The molecule has 7 heteroatoms. The number of amides is 2. The predicted molar refractivity (Wildman–Crippen MR) is 76.9 cm³/mol. The maximum Gasteiger partial charge on any atom is 0.335 e. The summed E-state index contributed by atoms with van der Waals surface area (Å²) in [5.74, 6) is -1.05. The summed E-state index contributed by atoms with van der Waals surface area (Å²) < 4.78 is 0.607. The Morgan fingerprint density at radius 1 is 1.45 bits per heavy atom. The average molecular weight is 343 g/mol. The second-order valence-corrected chi connectivity index (χ2v) is 5.46. The molecule has 1 atom stereocenters. The van der Waals surface area contributed by atoms with Crippen LogP contribution in [-0.2, 0) is 0 Å². The molecule has 0 spiro atoms. The fraction of sp³-hybridized carbons (Fsp3) is 0.385. The number of nitrogens with zero attached hydrogens (tertiary/aromatic N) is 1. The number of hydrogen-bond donors (Lipinski definition) is 3. The van der Waals surface area contributed by atoms with E-state index in [-0.39, 0.29) is 24.2 Å². The summed E-state index contributed by atoms with van der Waals surface area (Å²) >= 11 is 3.27. The van der Waals surface area contributed by atoms with E-state index in [0.29, 0.717) is 16.7 Å². The molecule has 0 saturated carbocycles. The molecule has 20 heavy (non-hydrogen) atoms. The van der Waals surface area contributed by atoms with Gasteiger partial charge in [0.15, 0.2) is 0 Å². The summed E-state index contributed by atoms with van der Waals surface area (Å²) in [5.41, 5.74) is 0.502. The van der Waals surface area contributed by atoms with Crippen molar-refractivity contribution in [3.8, 4) is 0 Å². The van der Waals surface area contributed by atoms with Crippen LogP contribution in [-0.4, -0.2) is 46.3 Å². The molecule has 1 aliphatic heterocycles. The first-order chi connectivity index (χ1) is 9.52. The fourth-order valence-corrected chi connectivity index (χ4v) is 2.58. The zero-order valence-corrected chi connectivity index (χ0v) is 12.3. The van der Waals surface area contributed by atoms with Crippen molar-refractivity contribution in [2.24, 2.45) is 0 Å². The number of aromatic carboxylic acids is 1. The third-order valence-electron chi connectivity index (χ3n) is 3.30. The van der Waals surface area contributed by atoms with Crippen molar-refractivity contribution < 1.29 is 19.8 Å². The highest BCUT2D eigenvalue weighted by molar-refractivity contribution is 9.10. The molecule has 2 amide bonds. The maximum atomic E-state index is 12.2. The van der Waals surface area contributed by atoms with Gasteiger partial charge in [0.2, 0.25) is 0 Å². The standard InChI is InChI=1S/C13H15BrN2O4/c14-10-4-3-8(12(18)19)6-11(10)15-13(20)16-5-1-2-9(16)7-17/h3-4,6,9,17H,1-2,5,7H2,(H,15,20)(H,18,19). The van der Waals surface area contributed by atoms with E-state index in [1.165, 1.54) is 12.1 Å². The van der Waals surface area contributed by atoms with Crippen LogP contribution in [0, 0.1) is 0 Å². The number of nitrogens with one attached hydrogen (secondary N) is 1. The normalized spacial score (nSPS) is 18.1. The number of hydrogen-bond acceptors (Lipinski definition) is 3. The predicted octanol–water partition coefficient (Wildman–Crippen LogP) is 2.14. The fourth-order valence-electron chi connectivity index (χ4n) is 2.23. The van der Waals surface area contributed by atoms with Gasteiger partial charge in [0, 0.05) is 11.0 Å². The number of anilines is 1. The largest absolute Gasteiger partial charge is 0.478 e. The Balaban J connectivity index is 2.15. The van der Waals surface area contributed by atoms with Gasteiger partial charge in [0.25, 0.3) is 0 Å². The SMILES string of the molecule is O=C(O)c1ccc(Br)c(NC(=O)N2CCCC2CO)c1. The summed E-state index contributed by atoms with van der Waals surface area (Å²) in [5, 5.41) is 20.8. The number of carbonyl (C=O) groups excluding carboxylic acids is 1. The monoisotopic (exact) mass is 342 g/mol. The number of aliphatic hydroxyl groups excluding tert-OH is 1. The van der Waals surface area contributed by atoms with E-state index in [9.17, 15) is 14.7 Å². The number of halogens is 1. The van der Waals surface area contributed by atoms with E-state index in [1.807, 2.05) is 0 Å². The zero-order valence-electron chi connectivity index (χ0n) is 10.7. The maximum absolute atomic E-state index is 12.2. The van der Waals surface area contributed by atoms with Gasteiger partial charge < -0.3 is 20.4 Å². The van der Waals surface area contributed by atoms with Crippen molar-refractivity contribution in [1.29, 1.82) is 0 Å². The molecule has 1 aromatic rings. The molecule has 1 aliphatic rings. The molecule has 1 heterocycles. The van der Waals surface area contributed by atoms with Gasteiger partial charge in [-0.3, -0.25) is 0 Å². The molecule has 0 aliphatic carbocycles. The van der Waals surface area contributed by atoms with E-state index in [0.717, 1.165) is 12.8 Å². The molecule has 1 unspecified atom stereocenters. The van der Waals surface area contributed by atoms with Crippen LogP contribution in [0.25, 0.3) is 0 Å². The number of carbonyl (C=O) groups is 2. The molecule has 0 aromatic heterocycles. The molecule has 2 rings (SSSR count). The number of carboxylic acid groups (broad SMARTS) is 1. The summed E-state index contributed by atoms with van der Waals surface area (Å²) in [7, 11) is 0. The highest BCUT2D eigenvalue weighted by atomic mass is 79.9. The molecule has 1 saturated heterocycles. The van der Waals surface area contributed by atoms with Crippen molar-refractivity contribution in [2.45, 2.75) is 18.9 Å². The quantitative estimate of drug-likeness (QED) is 0.784. The molecular formula is C13H15BrN2O4. The van der Waals surface area contributed by atoms with Crippen molar-refractivity contribution in [3.63, 3.8) is 0 Å². The minimum Gasteiger partial charge on any atom is -0.478 e. The molecule has 108 valence electrons. The third-order valence-corrected chi connectivity index (χ3v) is 4.00. The Morgan fingerprint density at radius 2 is 2.20 bits per heavy atom. The second-order valence-electron chi connectivity index (χ2n) is 4.60. The minimum absolute atomic E-state index is 0.0657. The van der Waals surface area contributed by atoms with Crippen molar-refractivity contribution in [3.05, 3.63) is 28.2 Å². The number of carboxylic acids is 1. The number of aliphatic hydroxyl groups is 1. The van der Waals surface area contributed by atoms with Gasteiger partial charge in [0.1, 0.15) is 0 Å². The zero-order chi connectivity index (χ0) is 14.7. The topological polar surface area (TPSA) is 89.9 Å². The van der Waals surface area contributed by atoms with Gasteiger partial charge in [-0.25, -0.2) is 9.59 Å². The van der Waals surface area contributed by atoms with Gasteiger partial charge in [-0.2, -0.15) is 0 Å². The van der Waals surface area contributed by atoms with E-state index in [2.05, 4.69) is 21.2 Å². The molecular weight excluding hydrogens is 328 g/mol. The molecule has 1 fully saturated rings. The van der Waals surface area contributed by atoms with Crippen LogP contribution in [0.15, 0.2) is 22.7 Å². The summed E-state index contributed by atoms with van der Waals surface area (Å²) in [6, 6.07) is 3.93. The number of urea groups is 1. The van der Waals surface area contributed by atoms with Crippen LogP contribution in [0.1, 0.15) is 23.2 Å². The lowest BCUT2D eigenvalue weighted by Crippen LogP contribution is -2.40. The Bertz CT molecular complexity index is 535. The first kappa shape index (κ1) is 14.8. The van der Waals surface area contributed by atoms with Crippen molar-refractivity contribution in [1.82, 2.24) is 4.90 Å². The van der Waals surface area contributed by atoms with E-state index < -0.39 is 5.97 Å². The van der Waals surface area contributed by atoms with Crippen molar-refractivity contribution in [2.75, 3.05) is 18.5 Å². The van der Waals surface area contributed by atoms with Gasteiger partial charge in [-0.15, -0.1) is 0 Å². The number of benzene rings is 1. The van der Waals surface area contributed by atoms with Gasteiger partial charge >= 0.3 is 12.0 Å². The first-order valence-electron chi connectivity index (χ1n) is 6.24. The van der Waals surface area contributed by atoms with Gasteiger partial charge in [-0.1, -0.05) is 0 Å². The molecule has 3 N–H and O–H groups in total. The van der Waals surface area contributed by atoms with Crippen LogP contribution < -0.4 is 5.32 Å². The molecule has 0 radical (unpaired) electrons. The molecule has 1 aromatic carbocycles. The lowest BCUT2D eigenvalue weighted by atomic mass is 10.2. The van der Waals surface area contributed by atoms with Gasteiger partial charge in [-0.05, 0) is 47.0 Å². The summed E-state index contributed by atoms with van der Waals surface area (Å²) in [6.45, 7) is 0.525. The van der Waals surface area contributed by atoms with E-state index >= 15 is 0 Å². The Hall–Kier alpha value is -1.60. The van der Waals surface area contributed by atoms with Crippen LogP contribution >= 0.6 is 15.9 Å². The Kier molecular flexibility index (Phi) is 4.61. The van der Waals surface area contributed by atoms with Crippen LogP contribution in [0.2, 0.25) is 0 Å². The minimum atomic E-state index is -1.05. The van der Waals surface area contributed by atoms with E-state index in [4.69, 9.17) is 5.11 Å². The van der Waals surface area contributed by atoms with Crippen LogP contribution in [0.3, 0.4) is 0 Å². The van der Waals surface area contributed by atoms with Crippen LogP contribution in [0.4, 0.5) is 10.5 Å². The average Bonchev–Trinajstić information content (AvgIpc) is 2.89. The first-order valence-corrected chi connectivity index (χ1v) is 7.03. The van der Waals surface area contributed by atoms with E-state index in [1.54, 1.807) is 11.0 Å². The molecule has 0 bridgehead atoms. The number of rotatable bonds is 3. The Labute approximate surface area is 124 Å². The lowest BCUT2D eigenvalue weighted by molar-refractivity contribution is 0.0697. The highest BCUT2D eigenvalue weighted by Crippen LogP contribution is 2.25. The molecule has 6 nitrogen and oxygen atoms in total. The second kappa shape index (κ2) is 6.23. The summed E-state index contributed by atoms with van der Waals surface area (Å²) in [4.78, 5) is 24.7. The van der Waals surface area contributed by atoms with Crippen LogP contribution in [0.5, 0.6) is 0 Å². The highest BCUT2D eigenvalue weighted by Gasteiger charge is 2.28. The van der Waals surface area contributed by atoms with Crippen molar-refractivity contribution >= 4 is 33.6 Å².